The Hall–Kier alpha value is -7.90. The van der Waals surface area contributed by atoms with E-state index in [0.29, 0.717) is 17.2 Å². The lowest BCUT2D eigenvalue weighted by Gasteiger charge is -2.25. The average Bonchev–Trinajstić information content (AvgIpc) is 3.30. The summed E-state index contributed by atoms with van der Waals surface area (Å²) in [6.07, 6.45) is 0. The van der Waals surface area contributed by atoms with Gasteiger partial charge in [-0.1, -0.05) is 146 Å². The molecule has 0 fully saturated rings. The molecule has 0 saturated heterocycles. The molecule has 0 radical (unpaired) electrons. The maximum atomic E-state index is 18.6. The van der Waals surface area contributed by atoms with Crippen LogP contribution in [0.3, 0.4) is 0 Å². The van der Waals surface area contributed by atoms with Gasteiger partial charge < -0.3 is 14.2 Å². The van der Waals surface area contributed by atoms with Crippen molar-refractivity contribution in [3.63, 3.8) is 0 Å². The van der Waals surface area contributed by atoms with Gasteiger partial charge in [0.05, 0.1) is 17.1 Å². The fourth-order valence-corrected chi connectivity index (χ4v) is 6.86. The predicted molar refractivity (Wildman–Crippen MR) is 230 cm³/mol. The molecular formula is C52H36FN3O3. The van der Waals surface area contributed by atoms with E-state index in [1.165, 1.54) is 0 Å². The molecule has 0 saturated carbocycles. The zero-order chi connectivity index (χ0) is 39.9. The number of pyridine rings is 3. The van der Waals surface area contributed by atoms with Crippen molar-refractivity contribution in [3.8, 4) is 68.3 Å². The molecule has 6 aromatic carbocycles. The van der Waals surface area contributed by atoms with Crippen molar-refractivity contribution < 1.29 is 18.6 Å². The number of nitrogens with zero attached hydrogens (tertiary/aromatic N) is 3. The van der Waals surface area contributed by atoms with Crippen LogP contribution in [0.25, 0.3) is 33.4 Å². The Bertz CT molecular complexity index is 2530. The van der Waals surface area contributed by atoms with Gasteiger partial charge in [0.15, 0.2) is 0 Å². The summed E-state index contributed by atoms with van der Waals surface area (Å²) in [7, 11) is 0. The molecule has 0 aliphatic carbocycles. The second kappa shape index (κ2) is 16.7. The first-order chi connectivity index (χ1) is 29.1. The smallest absolute Gasteiger partial charge is 0.236 e. The fourth-order valence-electron chi connectivity index (χ4n) is 6.86. The Morgan fingerprint density at radius 1 is 0.288 bits per heavy atom. The van der Waals surface area contributed by atoms with Gasteiger partial charge in [0.1, 0.15) is 17.2 Å². The number of aromatic nitrogens is 3. The lowest BCUT2D eigenvalue weighted by molar-refractivity contribution is 0.252. The Kier molecular flexibility index (Phi) is 10.4. The maximum absolute atomic E-state index is 18.6. The van der Waals surface area contributed by atoms with Gasteiger partial charge in [0, 0.05) is 18.2 Å². The van der Waals surface area contributed by atoms with Crippen molar-refractivity contribution >= 4 is 0 Å². The topological polar surface area (TPSA) is 66.4 Å². The zero-order valence-corrected chi connectivity index (χ0v) is 31.7. The Labute approximate surface area is 341 Å². The number of halogens is 1. The van der Waals surface area contributed by atoms with Crippen molar-refractivity contribution in [1.29, 1.82) is 0 Å². The summed E-state index contributed by atoms with van der Waals surface area (Å²) < 4.78 is 37.5. The van der Waals surface area contributed by atoms with Gasteiger partial charge in [0.25, 0.3) is 0 Å². The van der Waals surface area contributed by atoms with E-state index in [1.807, 2.05) is 164 Å². The third kappa shape index (κ3) is 8.31. The summed E-state index contributed by atoms with van der Waals surface area (Å²) in [5, 5.41) is 0. The predicted octanol–water partition coefficient (Wildman–Crippen LogP) is 13.5. The van der Waals surface area contributed by atoms with E-state index >= 15 is 4.39 Å². The van der Waals surface area contributed by atoms with Crippen LogP contribution in [-0.2, 0) is 5.67 Å². The van der Waals surface area contributed by atoms with Crippen molar-refractivity contribution in [2.75, 3.05) is 0 Å². The van der Waals surface area contributed by atoms with E-state index in [4.69, 9.17) is 29.2 Å². The average molecular weight is 770 g/mol. The Morgan fingerprint density at radius 3 is 0.864 bits per heavy atom. The summed E-state index contributed by atoms with van der Waals surface area (Å²) in [5.74, 6) is 2.26. The van der Waals surface area contributed by atoms with Crippen molar-refractivity contribution in [3.05, 3.63) is 235 Å². The van der Waals surface area contributed by atoms with Crippen molar-refractivity contribution in [2.45, 2.75) is 5.67 Å². The van der Waals surface area contributed by atoms with E-state index in [0.717, 1.165) is 33.4 Å². The molecule has 9 aromatic rings. The molecule has 0 aliphatic rings. The first-order valence-corrected chi connectivity index (χ1v) is 19.2. The second-order valence-corrected chi connectivity index (χ2v) is 13.7. The highest BCUT2D eigenvalue weighted by atomic mass is 19.1. The van der Waals surface area contributed by atoms with Crippen LogP contribution in [0.1, 0.15) is 17.1 Å². The first kappa shape index (κ1) is 36.7. The normalized spacial score (nSPS) is 11.1. The van der Waals surface area contributed by atoms with Crippen molar-refractivity contribution in [2.24, 2.45) is 0 Å². The molecule has 7 heteroatoms. The molecule has 3 aromatic heterocycles. The number of benzene rings is 6. The Balaban J connectivity index is 1.08. The highest BCUT2D eigenvalue weighted by Gasteiger charge is 2.42. The molecule has 6 nitrogen and oxygen atoms in total. The van der Waals surface area contributed by atoms with Gasteiger partial charge in [-0.15, -0.1) is 0 Å². The minimum absolute atomic E-state index is 0.0145. The summed E-state index contributed by atoms with van der Waals surface area (Å²) in [6.45, 7) is 0. The van der Waals surface area contributed by atoms with Crippen LogP contribution in [0.2, 0.25) is 0 Å². The number of ether oxygens (including phenoxy) is 3. The van der Waals surface area contributed by atoms with Crippen LogP contribution in [0.5, 0.6) is 34.9 Å². The van der Waals surface area contributed by atoms with E-state index in [-0.39, 0.29) is 34.7 Å². The van der Waals surface area contributed by atoms with Crippen LogP contribution >= 0.6 is 0 Å². The highest BCUT2D eigenvalue weighted by Crippen LogP contribution is 2.41. The van der Waals surface area contributed by atoms with Crippen molar-refractivity contribution in [1.82, 2.24) is 15.0 Å². The quantitative estimate of drug-likeness (QED) is 0.123. The SMILES string of the molecule is FC(c1cccc(Oc2cccc(-c3ccccc3)c2)n1)(c1cccc(Oc2cccc(-c3ccccc3)c2)n1)c1cccc(Oc2cccc(-c3ccccc3)c2)n1. The number of alkyl halides is 1. The van der Waals surface area contributed by atoms with E-state index in [1.54, 1.807) is 54.6 Å². The molecule has 0 atom stereocenters. The molecule has 0 spiro atoms. The molecule has 0 bridgehead atoms. The summed E-state index contributed by atoms with van der Waals surface area (Å²) in [6, 6.07) is 68.1. The molecule has 59 heavy (non-hydrogen) atoms. The summed E-state index contributed by atoms with van der Waals surface area (Å²) in [5.41, 5.74) is 3.62. The van der Waals surface area contributed by atoms with Crippen LogP contribution in [0.4, 0.5) is 4.39 Å². The molecule has 0 N–H and O–H groups in total. The lowest BCUT2D eigenvalue weighted by atomic mass is 9.91. The highest BCUT2D eigenvalue weighted by molar-refractivity contribution is 5.67. The monoisotopic (exact) mass is 769 g/mol. The van der Waals surface area contributed by atoms with Crippen LogP contribution in [-0.4, -0.2) is 15.0 Å². The van der Waals surface area contributed by atoms with E-state index in [2.05, 4.69) is 0 Å². The van der Waals surface area contributed by atoms with Gasteiger partial charge in [-0.25, -0.2) is 19.3 Å². The lowest BCUT2D eigenvalue weighted by Crippen LogP contribution is -2.28. The van der Waals surface area contributed by atoms with Crippen LogP contribution in [0.15, 0.2) is 218 Å². The molecule has 0 amide bonds. The number of hydrogen-bond acceptors (Lipinski definition) is 6. The van der Waals surface area contributed by atoms with Gasteiger partial charge in [0.2, 0.25) is 23.3 Å². The van der Waals surface area contributed by atoms with Gasteiger partial charge >= 0.3 is 0 Å². The second-order valence-electron chi connectivity index (χ2n) is 13.7. The zero-order valence-electron chi connectivity index (χ0n) is 31.7. The first-order valence-electron chi connectivity index (χ1n) is 19.2. The molecule has 284 valence electrons. The minimum atomic E-state index is -2.48. The van der Waals surface area contributed by atoms with Gasteiger partial charge in [-0.2, -0.15) is 0 Å². The Morgan fingerprint density at radius 2 is 0.559 bits per heavy atom. The maximum Gasteiger partial charge on any atom is 0.236 e. The molecule has 9 rings (SSSR count). The largest absolute Gasteiger partial charge is 0.439 e. The number of rotatable bonds is 12. The molecule has 3 heterocycles. The van der Waals surface area contributed by atoms with Gasteiger partial charge in [-0.05, 0) is 88.0 Å². The van der Waals surface area contributed by atoms with E-state index < -0.39 is 5.67 Å². The summed E-state index contributed by atoms with van der Waals surface area (Å²) in [4.78, 5) is 14.3. The van der Waals surface area contributed by atoms with E-state index in [9.17, 15) is 0 Å². The number of hydrogen-bond donors (Lipinski definition) is 0. The fraction of sp³-hybridized carbons (Fsp3) is 0.0192. The molecule has 0 unspecified atom stereocenters. The third-order valence-corrected chi connectivity index (χ3v) is 9.72. The third-order valence-electron chi connectivity index (χ3n) is 9.72. The van der Waals surface area contributed by atoms with Crippen LogP contribution < -0.4 is 14.2 Å². The molecule has 0 aliphatic heterocycles. The van der Waals surface area contributed by atoms with Gasteiger partial charge in [-0.3, -0.25) is 0 Å². The molecular weight excluding hydrogens is 734 g/mol. The standard InChI is InChI=1S/C52H36FN3O3/c53-52(46-28-13-31-49(54-46)57-43-25-10-22-40(34-43)37-16-4-1-5-17-37,47-29-14-32-50(55-47)58-44-26-11-23-41(35-44)38-18-6-2-7-19-38)48-30-15-33-51(56-48)59-45-27-12-24-42(36-45)39-20-8-3-9-21-39/h1-36H. The van der Waals surface area contributed by atoms with Crippen LogP contribution in [0, 0.1) is 0 Å². The summed E-state index contributed by atoms with van der Waals surface area (Å²) >= 11 is 0. The minimum Gasteiger partial charge on any atom is -0.439 e.